The zero-order valence-corrected chi connectivity index (χ0v) is 7.92. The van der Waals surface area contributed by atoms with Crippen LogP contribution in [0.25, 0.3) is 11.4 Å². The molecule has 0 amide bonds. The minimum atomic E-state index is 0. The first-order valence-corrected chi connectivity index (χ1v) is 4.31. The molecule has 6 nitrogen and oxygen atoms in total. The summed E-state index contributed by atoms with van der Waals surface area (Å²) in [7, 11) is 0. The van der Waals surface area contributed by atoms with E-state index in [2.05, 4.69) is 32.5 Å². The van der Waals surface area contributed by atoms with Crippen molar-refractivity contribution in [3.8, 4) is 11.4 Å². The van der Waals surface area contributed by atoms with Crippen LogP contribution < -0.4 is 0 Å². The van der Waals surface area contributed by atoms with Gasteiger partial charge in [0.15, 0.2) is 0 Å². The molecule has 6 heteroatoms. The molecule has 0 radical (unpaired) electrons. The molecule has 1 N–H and O–H groups in total. The third-order valence-electron chi connectivity index (χ3n) is 1.85. The predicted octanol–water partition coefficient (Wildman–Crippen LogP) is 1.24. The second-order valence-electron chi connectivity index (χ2n) is 2.84. The predicted molar refractivity (Wildman–Crippen MR) is 56.1 cm³/mol. The molecule has 0 saturated carbocycles. The maximum Gasteiger partial charge on any atom is 0.204 e. The van der Waals surface area contributed by atoms with E-state index in [1.807, 2.05) is 24.3 Å². The van der Waals surface area contributed by atoms with Crippen LogP contribution in [0.2, 0.25) is 0 Å². The SMILES string of the molecule is C=NOCc1cccc(-c2nn[nH]n2)c1.[HH]. The molecule has 0 spiro atoms. The highest BCUT2D eigenvalue weighted by Crippen LogP contribution is 2.15. The molecule has 0 saturated heterocycles. The van der Waals surface area contributed by atoms with Gasteiger partial charge in [-0.05, 0) is 16.8 Å². The summed E-state index contributed by atoms with van der Waals surface area (Å²) in [6, 6.07) is 7.63. The fraction of sp³-hybridized carbons (Fsp3) is 0.111. The normalized spacial score (nSPS) is 9.87. The van der Waals surface area contributed by atoms with Gasteiger partial charge in [0.1, 0.15) is 6.61 Å². The molecule has 0 aliphatic heterocycles. The van der Waals surface area contributed by atoms with Crippen molar-refractivity contribution in [2.45, 2.75) is 6.61 Å². The van der Waals surface area contributed by atoms with Gasteiger partial charge in [-0.3, -0.25) is 0 Å². The van der Waals surface area contributed by atoms with Crippen molar-refractivity contribution in [3.63, 3.8) is 0 Å². The molecular weight excluding hydrogens is 194 g/mol. The van der Waals surface area contributed by atoms with E-state index in [0.717, 1.165) is 11.1 Å². The molecule has 0 fully saturated rings. The molecule has 0 aliphatic rings. The number of benzene rings is 1. The summed E-state index contributed by atoms with van der Waals surface area (Å²) in [5.74, 6) is 0.559. The molecule has 1 heterocycles. The largest absolute Gasteiger partial charge is 0.391 e. The van der Waals surface area contributed by atoms with Crippen LogP contribution in [0.15, 0.2) is 29.4 Å². The van der Waals surface area contributed by atoms with E-state index in [-0.39, 0.29) is 1.43 Å². The van der Waals surface area contributed by atoms with Gasteiger partial charge >= 0.3 is 0 Å². The van der Waals surface area contributed by atoms with Gasteiger partial charge in [0.05, 0.1) is 0 Å². The van der Waals surface area contributed by atoms with E-state index in [1.165, 1.54) is 0 Å². The number of tetrazole rings is 1. The monoisotopic (exact) mass is 205 g/mol. The van der Waals surface area contributed by atoms with Crippen molar-refractivity contribution in [1.82, 2.24) is 20.6 Å². The average Bonchev–Trinajstić information content (AvgIpc) is 2.80. The zero-order valence-electron chi connectivity index (χ0n) is 7.92. The molecule has 1 aromatic heterocycles. The van der Waals surface area contributed by atoms with E-state index in [4.69, 9.17) is 4.84 Å². The summed E-state index contributed by atoms with van der Waals surface area (Å²) in [5, 5.41) is 17.0. The van der Waals surface area contributed by atoms with Gasteiger partial charge in [-0.2, -0.15) is 5.21 Å². The van der Waals surface area contributed by atoms with Crippen LogP contribution in [0.3, 0.4) is 0 Å². The molecule has 0 unspecified atom stereocenters. The highest BCUT2D eigenvalue weighted by atomic mass is 16.6. The van der Waals surface area contributed by atoms with Crippen LogP contribution in [0.5, 0.6) is 0 Å². The molecule has 0 aliphatic carbocycles. The number of H-pyrrole nitrogens is 1. The Kier molecular flexibility index (Phi) is 2.68. The number of aromatic nitrogens is 4. The van der Waals surface area contributed by atoms with E-state index in [1.54, 1.807) is 0 Å². The number of nitrogens with one attached hydrogen (secondary N) is 1. The third kappa shape index (κ3) is 2.16. The van der Waals surface area contributed by atoms with Crippen molar-refractivity contribution < 1.29 is 6.26 Å². The fourth-order valence-electron chi connectivity index (χ4n) is 1.20. The summed E-state index contributed by atoms with van der Waals surface area (Å²) in [4.78, 5) is 4.84. The van der Waals surface area contributed by atoms with E-state index in [9.17, 15) is 0 Å². The lowest BCUT2D eigenvalue weighted by atomic mass is 10.1. The van der Waals surface area contributed by atoms with Crippen LogP contribution in [0.4, 0.5) is 0 Å². The van der Waals surface area contributed by atoms with Gasteiger partial charge in [0.25, 0.3) is 0 Å². The average molecular weight is 205 g/mol. The van der Waals surface area contributed by atoms with Crippen LogP contribution >= 0.6 is 0 Å². The van der Waals surface area contributed by atoms with Gasteiger partial charge < -0.3 is 4.84 Å². The van der Waals surface area contributed by atoms with Crippen LogP contribution in [-0.4, -0.2) is 27.3 Å². The number of oxime groups is 1. The Bertz CT molecular complexity index is 445. The van der Waals surface area contributed by atoms with Crippen molar-refractivity contribution in [2.75, 3.05) is 0 Å². The summed E-state index contributed by atoms with van der Waals surface area (Å²) in [6.45, 7) is 3.62. The molecule has 2 rings (SSSR count). The molecule has 2 aromatic rings. The van der Waals surface area contributed by atoms with Gasteiger partial charge in [-0.15, -0.1) is 15.4 Å². The van der Waals surface area contributed by atoms with Crippen LogP contribution in [-0.2, 0) is 11.4 Å². The van der Waals surface area contributed by atoms with Crippen molar-refractivity contribution in [2.24, 2.45) is 5.16 Å². The highest BCUT2D eigenvalue weighted by Gasteiger charge is 2.03. The Morgan fingerprint density at radius 1 is 1.53 bits per heavy atom. The van der Waals surface area contributed by atoms with E-state index >= 15 is 0 Å². The Hall–Kier alpha value is -2.24. The second-order valence-corrected chi connectivity index (χ2v) is 2.84. The Morgan fingerprint density at radius 2 is 2.47 bits per heavy atom. The van der Waals surface area contributed by atoms with Crippen LogP contribution in [0.1, 0.15) is 6.99 Å². The number of aromatic amines is 1. The Balaban J connectivity index is 0.00000128. The summed E-state index contributed by atoms with van der Waals surface area (Å²) in [5.41, 5.74) is 1.86. The van der Waals surface area contributed by atoms with Gasteiger partial charge in [0.2, 0.25) is 5.82 Å². The lowest BCUT2D eigenvalue weighted by Gasteiger charge is -2.00. The van der Waals surface area contributed by atoms with E-state index in [0.29, 0.717) is 12.4 Å². The standard InChI is InChI=1S/C9H9N5O.H2/c1-10-15-6-7-3-2-4-8(5-7)9-11-13-14-12-9;/h2-5H,1,6H2,(H,11,12,13,14);1H. The first kappa shape index (κ1) is 9.32. The fourth-order valence-corrected chi connectivity index (χ4v) is 1.20. The molecule has 78 valence electrons. The summed E-state index contributed by atoms with van der Waals surface area (Å²) >= 11 is 0. The summed E-state index contributed by atoms with van der Waals surface area (Å²) in [6.07, 6.45) is 0. The lowest BCUT2D eigenvalue weighted by Crippen LogP contribution is -1.88. The topological polar surface area (TPSA) is 76.1 Å². The van der Waals surface area contributed by atoms with Gasteiger partial charge in [0, 0.05) is 13.7 Å². The first-order valence-electron chi connectivity index (χ1n) is 4.31. The van der Waals surface area contributed by atoms with Crippen molar-refractivity contribution >= 4 is 6.72 Å². The van der Waals surface area contributed by atoms with Gasteiger partial charge in [-0.1, -0.05) is 18.2 Å². The molecule has 1 aromatic carbocycles. The number of rotatable bonds is 4. The third-order valence-corrected chi connectivity index (χ3v) is 1.85. The highest BCUT2D eigenvalue weighted by molar-refractivity contribution is 5.54. The maximum absolute atomic E-state index is 4.84. The molecule has 0 bridgehead atoms. The summed E-state index contributed by atoms with van der Waals surface area (Å²) < 4.78 is 0. The molecule has 0 atom stereocenters. The minimum absolute atomic E-state index is 0. The van der Waals surface area contributed by atoms with Crippen molar-refractivity contribution in [3.05, 3.63) is 29.8 Å². The lowest BCUT2D eigenvalue weighted by molar-refractivity contribution is 0.133. The quantitative estimate of drug-likeness (QED) is 0.602. The smallest absolute Gasteiger partial charge is 0.204 e. The number of nitrogens with zero attached hydrogens (tertiary/aromatic N) is 4. The molecule has 15 heavy (non-hydrogen) atoms. The Labute approximate surface area is 87.4 Å². The zero-order chi connectivity index (χ0) is 10.5. The second kappa shape index (κ2) is 4.32. The van der Waals surface area contributed by atoms with Crippen LogP contribution in [0, 0.1) is 0 Å². The van der Waals surface area contributed by atoms with Gasteiger partial charge in [-0.25, -0.2) is 0 Å². The number of hydrogen-bond donors (Lipinski definition) is 1. The maximum atomic E-state index is 4.84. The minimum Gasteiger partial charge on any atom is -0.391 e. The van der Waals surface area contributed by atoms with E-state index < -0.39 is 0 Å². The molecular formula is C9H11N5O. The van der Waals surface area contributed by atoms with Crippen molar-refractivity contribution in [1.29, 1.82) is 0 Å². The first-order chi connectivity index (χ1) is 7.40. The number of hydrogen-bond acceptors (Lipinski definition) is 5. The Morgan fingerprint density at radius 3 is 3.20 bits per heavy atom.